The Labute approximate surface area is 105 Å². The number of ether oxygens (including phenoxy) is 1. The molecule has 0 bridgehead atoms. The van der Waals surface area contributed by atoms with E-state index in [9.17, 15) is 9.18 Å². The lowest BCUT2D eigenvalue weighted by Crippen LogP contribution is -2.44. The van der Waals surface area contributed by atoms with Crippen LogP contribution >= 0.6 is 0 Å². The Morgan fingerprint density at radius 3 is 2.89 bits per heavy atom. The fraction of sp³-hybridized carbons (Fsp3) is 0.462. The Hall–Kier alpha value is -1.62. The molecule has 98 valence electrons. The van der Waals surface area contributed by atoms with Crippen molar-refractivity contribution in [2.24, 2.45) is 11.7 Å². The fourth-order valence-electron chi connectivity index (χ4n) is 2.20. The van der Waals surface area contributed by atoms with E-state index in [-0.39, 0.29) is 11.7 Å². The minimum Gasteiger partial charge on any atom is -0.381 e. The third-order valence-electron chi connectivity index (χ3n) is 3.16. The Balaban J connectivity index is 2.11. The Morgan fingerprint density at radius 1 is 1.50 bits per heavy atom. The van der Waals surface area contributed by atoms with Gasteiger partial charge in [0, 0.05) is 12.5 Å². The van der Waals surface area contributed by atoms with Crippen LogP contribution in [0.25, 0.3) is 0 Å². The number of hydrogen-bond donors (Lipinski definition) is 2. The summed E-state index contributed by atoms with van der Waals surface area (Å²) in [6, 6.07) is 5.65. The maximum Gasteiger partial charge on any atom is 0.240 e. The molecule has 3 N–H and O–H groups in total. The van der Waals surface area contributed by atoms with Gasteiger partial charge in [-0.1, -0.05) is 12.1 Å². The van der Waals surface area contributed by atoms with Crippen LogP contribution in [0.4, 0.5) is 10.1 Å². The average molecular weight is 252 g/mol. The zero-order valence-corrected chi connectivity index (χ0v) is 10.1. The largest absolute Gasteiger partial charge is 0.381 e. The molecule has 0 aliphatic carbocycles. The third-order valence-corrected chi connectivity index (χ3v) is 3.16. The van der Waals surface area contributed by atoms with Gasteiger partial charge < -0.3 is 15.8 Å². The summed E-state index contributed by atoms with van der Waals surface area (Å²) in [6.45, 7) is 1.19. The number of carbonyl (C=O) groups excluding carboxylic acids is 1. The van der Waals surface area contributed by atoms with Crippen LogP contribution < -0.4 is 11.1 Å². The maximum absolute atomic E-state index is 13.5. The van der Waals surface area contributed by atoms with Crippen molar-refractivity contribution >= 4 is 11.6 Å². The number of rotatable bonds is 4. The van der Waals surface area contributed by atoms with Crippen molar-refractivity contribution in [2.75, 3.05) is 18.5 Å². The molecular weight excluding hydrogens is 235 g/mol. The molecule has 0 spiro atoms. The van der Waals surface area contributed by atoms with Crippen molar-refractivity contribution in [1.29, 1.82) is 0 Å². The molecular formula is C13H17FN2O2. The van der Waals surface area contributed by atoms with Crippen LogP contribution in [-0.2, 0) is 9.53 Å². The fourth-order valence-corrected chi connectivity index (χ4v) is 2.20. The number of halogens is 1. The molecule has 4 nitrogen and oxygen atoms in total. The summed E-state index contributed by atoms with van der Waals surface area (Å²) in [7, 11) is 0. The van der Waals surface area contributed by atoms with Gasteiger partial charge in [0.2, 0.25) is 5.91 Å². The van der Waals surface area contributed by atoms with Crippen molar-refractivity contribution < 1.29 is 13.9 Å². The monoisotopic (exact) mass is 252 g/mol. The van der Waals surface area contributed by atoms with Gasteiger partial charge in [-0.3, -0.25) is 4.79 Å². The lowest BCUT2D eigenvalue weighted by Gasteiger charge is -2.29. The van der Waals surface area contributed by atoms with E-state index < -0.39 is 11.9 Å². The number of nitrogens with two attached hydrogens (primary N) is 1. The molecule has 1 aromatic rings. The lowest BCUT2D eigenvalue weighted by atomic mass is 9.93. The third kappa shape index (κ3) is 2.98. The summed E-state index contributed by atoms with van der Waals surface area (Å²) in [5.41, 5.74) is 5.68. The van der Waals surface area contributed by atoms with Crippen molar-refractivity contribution in [3.63, 3.8) is 0 Å². The van der Waals surface area contributed by atoms with E-state index in [1.54, 1.807) is 18.2 Å². The molecule has 1 saturated heterocycles. The van der Waals surface area contributed by atoms with E-state index in [4.69, 9.17) is 10.5 Å². The molecule has 5 heteroatoms. The molecule has 2 atom stereocenters. The van der Waals surface area contributed by atoms with Crippen molar-refractivity contribution in [3.8, 4) is 0 Å². The second kappa shape index (κ2) is 5.82. The molecule has 1 amide bonds. The zero-order valence-electron chi connectivity index (χ0n) is 10.1. The van der Waals surface area contributed by atoms with Gasteiger partial charge in [0.25, 0.3) is 0 Å². The van der Waals surface area contributed by atoms with E-state index in [1.165, 1.54) is 6.07 Å². The molecule has 1 aliphatic rings. The Bertz CT molecular complexity index is 419. The van der Waals surface area contributed by atoms with Gasteiger partial charge >= 0.3 is 0 Å². The first-order valence-corrected chi connectivity index (χ1v) is 6.06. The smallest absolute Gasteiger partial charge is 0.240 e. The van der Waals surface area contributed by atoms with Crippen LogP contribution in [0.1, 0.15) is 12.8 Å². The van der Waals surface area contributed by atoms with E-state index in [0.29, 0.717) is 18.9 Å². The van der Waals surface area contributed by atoms with Crippen molar-refractivity contribution in [2.45, 2.75) is 18.9 Å². The van der Waals surface area contributed by atoms with E-state index >= 15 is 0 Å². The standard InChI is InChI=1S/C13H17FN2O2/c14-10-5-1-2-6-11(10)16-12(13(15)17)9-4-3-7-18-8-9/h1-2,5-6,9,12,16H,3-4,7-8H2,(H2,15,17). The van der Waals surface area contributed by atoms with Crippen LogP contribution in [0, 0.1) is 11.7 Å². The van der Waals surface area contributed by atoms with E-state index in [0.717, 1.165) is 12.8 Å². The minimum absolute atomic E-state index is 0.00384. The first-order valence-electron chi connectivity index (χ1n) is 6.06. The summed E-state index contributed by atoms with van der Waals surface area (Å²) < 4.78 is 18.9. The molecule has 1 aromatic carbocycles. The SMILES string of the molecule is NC(=O)C(Nc1ccccc1F)C1CCCOC1. The molecule has 2 rings (SSSR count). The average Bonchev–Trinajstić information content (AvgIpc) is 2.38. The number of amides is 1. The van der Waals surface area contributed by atoms with Gasteiger partial charge in [0.05, 0.1) is 12.3 Å². The summed E-state index contributed by atoms with van der Waals surface area (Å²) in [6.07, 6.45) is 1.75. The number of anilines is 1. The summed E-state index contributed by atoms with van der Waals surface area (Å²) >= 11 is 0. The van der Waals surface area contributed by atoms with Gasteiger partial charge in [0.15, 0.2) is 0 Å². The summed E-state index contributed by atoms with van der Waals surface area (Å²) in [5, 5.41) is 2.89. The van der Waals surface area contributed by atoms with Crippen LogP contribution in [0.5, 0.6) is 0 Å². The zero-order chi connectivity index (χ0) is 13.0. The number of primary amides is 1. The molecule has 0 radical (unpaired) electrons. The molecule has 1 aliphatic heterocycles. The van der Waals surface area contributed by atoms with Gasteiger partial charge in [-0.25, -0.2) is 4.39 Å². The van der Waals surface area contributed by atoms with Crippen molar-refractivity contribution in [1.82, 2.24) is 0 Å². The molecule has 0 saturated carbocycles. The van der Waals surface area contributed by atoms with Crippen LogP contribution in [0.3, 0.4) is 0 Å². The lowest BCUT2D eigenvalue weighted by molar-refractivity contribution is -0.121. The van der Waals surface area contributed by atoms with Crippen molar-refractivity contribution in [3.05, 3.63) is 30.1 Å². The van der Waals surface area contributed by atoms with Gasteiger partial charge in [0.1, 0.15) is 11.9 Å². The second-order valence-corrected chi connectivity index (χ2v) is 4.48. The molecule has 1 fully saturated rings. The highest BCUT2D eigenvalue weighted by Crippen LogP contribution is 2.22. The predicted molar refractivity (Wildman–Crippen MR) is 66.5 cm³/mol. The number of hydrogen-bond acceptors (Lipinski definition) is 3. The molecule has 1 heterocycles. The number of carbonyl (C=O) groups is 1. The molecule has 18 heavy (non-hydrogen) atoms. The summed E-state index contributed by atoms with van der Waals surface area (Å²) in [5.74, 6) is -0.870. The number of para-hydroxylation sites is 1. The molecule has 0 aromatic heterocycles. The Kier molecular flexibility index (Phi) is 4.15. The van der Waals surface area contributed by atoms with Crippen LogP contribution in [0.15, 0.2) is 24.3 Å². The van der Waals surface area contributed by atoms with E-state index in [1.807, 2.05) is 0 Å². The number of nitrogens with one attached hydrogen (secondary N) is 1. The Morgan fingerprint density at radius 2 is 2.28 bits per heavy atom. The quantitative estimate of drug-likeness (QED) is 0.854. The normalized spacial score (nSPS) is 21.3. The first-order chi connectivity index (χ1) is 8.68. The highest BCUT2D eigenvalue weighted by Gasteiger charge is 2.28. The summed E-state index contributed by atoms with van der Waals surface area (Å²) in [4.78, 5) is 11.5. The van der Waals surface area contributed by atoms with Gasteiger partial charge in [-0.2, -0.15) is 0 Å². The van der Waals surface area contributed by atoms with Gasteiger partial charge in [-0.05, 0) is 25.0 Å². The predicted octanol–water partition coefficient (Wildman–Crippen LogP) is 1.52. The van der Waals surface area contributed by atoms with E-state index in [2.05, 4.69) is 5.32 Å². The topological polar surface area (TPSA) is 64.4 Å². The van der Waals surface area contributed by atoms with Crippen LogP contribution in [-0.4, -0.2) is 25.2 Å². The molecule has 2 unspecified atom stereocenters. The second-order valence-electron chi connectivity index (χ2n) is 4.48. The number of benzene rings is 1. The highest BCUT2D eigenvalue weighted by molar-refractivity contribution is 5.83. The maximum atomic E-state index is 13.5. The highest BCUT2D eigenvalue weighted by atomic mass is 19.1. The minimum atomic E-state index is -0.595. The van der Waals surface area contributed by atoms with Gasteiger partial charge in [-0.15, -0.1) is 0 Å². The van der Waals surface area contributed by atoms with Crippen LogP contribution in [0.2, 0.25) is 0 Å². The first kappa shape index (κ1) is 12.8.